The monoisotopic (exact) mass is 185 g/mol. The Morgan fingerprint density at radius 2 is 1.50 bits per heavy atom. The Labute approximate surface area is 83.5 Å². The molecular formula is C11H11N3. The van der Waals surface area contributed by atoms with Gasteiger partial charge in [-0.15, -0.1) is 0 Å². The van der Waals surface area contributed by atoms with Crippen molar-refractivity contribution >= 4 is 0 Å². The fourth-order valence-electron chi connectivity index (χ4n) is 0.857. The number of aromatic nitrogens is 1. The summed E-state index contributed by atoms with van der Waals surface area (Å²) >= 11 is 0. The Morgan fingerprint density at radius 3 is 1.93 bits per heavy atom. The molecule has 4 N–H and O–H groups in total. The fourth-order valence-corrected chi connectivity index (χ4v) is 0.857. The molecule has 3 heteroatoms. The van der Waals surface area contributed by atoms with Gasteiger partial charge >= 0.3 is 0 Å². The van der Waals surface area contributed by atoms with E-state index in [0.29, 0.717) is 24.5 Å². The number of hydrogen-bond donors (Lipinski definition) is 2. The number of nitrogens with zero attached hydrogens (tertiary/aromatic N) is 1. The van der Waals surface area contributed by atoms with Crippen LogP contribution in [0.3, 0.4) is 0 Å². The summed E-state index contributed by atoms with van der Waals surface area (Å²) in [6.07, 6.45) is 0. The molecular weight excluding hydrogens is 174 g/mol. The molecule has 1 aromatic heterocycles. The minimum Gasteiger partial charge on any atom is -0.320 e. The topological polar surface area (TPSA) is 64.9 Å². The van der Waals surface area contributed by atoms with Crippen molar-refractivity contribution in [1.82, 2.24) is 4.98 Å². The van der Waals surface area contributed by atoms with Gasteiger partial charge < -0.3 is 11.5 Å². The molecule has 0 aliphatic rings. The lowest BCUT2D eigenvalue weighted by molar-refractivity contribution is 1.24. The number of pyridine rings is 1. The molecule has 1 rings (SSSR count). The smallest absolute Gasteiger partial charge is 0.114 e. The average Bonchev–Trinajstić information content (AvgIpc) is 2.24. The van der Waals surface area contributed by atoms with Crippen LogP contribution in [0.4, 0.5) is 0 Å². The zero-order valence-corrected chi connectivity index (χ0v) is 7.75. The van der Waals surface area contributed by atoms with E-state index >= 15 is 0 Å². The first kappa shape index (κ1) is 10.3. The molecule has 1 aromatic rings. The van der Waals surface area contributed by atoms with Crippen molar-refractivity contribution in [2.75, 3.05) is 13.1 Å². The van der Waals surface area contributed by atoms with E-state index in [2.05, 4.69) is 28.7 Å². The molecule has 0 saturated heterocycles. The van der Waals surface area contributed by atoms with Crippen LogP contribution in [0.15, 0.2) is 18.2 Å². The highest BCUT2D eigenvalue weighted by Crippen LogP contribution is 1.95. The molecule has 0 aliphatic carbocycles. The van der Waals surface area contributed by atoms with Crippen molar-refractivity contribution in [3.8, 4) is 23.7 Å². The van der Waals surface area contributed by atoms with Crippen molar-refractivity contribution in [3.63, 3.8) is 0 Å². The zero-order chi connectivity index (χ0) is 10.2. The Kier molecular flexibility index (Phi) is 4.23. The highest BCUT2D eigenvalue weighted by atomic mass is 14.7. The minimum atomic E-state index is 0.334. The third-order valence-corrected chi connectivity index (χ3v) is 1.39. The summed E-state index contributed by atoms with van der Waals surface area (Å²) < 4.78 is 0. The minimum absolute atomic E-state index is 0.334. The van der Waals surface area contributed by atoms with E-state index in [0.717, 1.165) is 0 Å². The van der Waals surface area contributed by atoms with E-state index in [-0.39, 0.29) is 0 Å². The summed E-state index contributed by atoms with van der Waals surface area (Å²) in [5.74, 6) is 11.1. The van der Waals surface area contributed by atoms with Gasteiger partial charge in [0.2, 0.25) is 0 Å². The van der Waals surface area contributed by atoms with E-state index < -0.39 is 0 Å². The Morgan fingerprint density at radius 1 is 1.00 bits per heavy atom. The van der Waals surface area contributed by atoms with Gasteiger partial charge in [0.15, 0.2) is 0 Å². The van der Waals surface area contributed by atoms with Crippen LogP contribution in [0, 0.1) is 23.7 Å². The Hall–Kier alpha value is -1.81. The maximum atomic E-state index is 5.25. The summed E-state index contributed by atoms with van der Waals surface area (Å²) in [6.45, 7) is 0.667. The Balaban J connectivity index is 2.89. The predicted molar refractivity (Wildman–Crippen MR) is 56.1 cm³/mol. The molecule has 0 aromatic carbocycles. The van der Waals surface area contributed by atoms with Gasteiger partial charge in [0.25, 0.3) is 0 Å². The van der Waals surface area contributed by atoms with E-state index in [9.17, 15) is 0 Å². The van der Waals surface area contributed by atoms with Crippen LogP contribution in [-0.4, -0.2) is 18.1 Å². The van der Waals surface area contributed by atoms with Crippen molar-refractivity contribution in [2.24, 2.45) is 11.5 Å². The molecule has 0 bridgehead atoms. The quantitative estimate of drug-likeness (QED) is 0.545. The third kappa shape index (κ3) is 3.28. The van der Waals surface area contributed by atoms with Crippen LogP contribution in [-0.2, 0) is 0 Å². The summed E-state index contributed by atoms with van der Waals surface area (Å²) in [5.41, 5.74) is 11.9. The zero-order valence-electron chi connectivity index (χ0n) is 7.75. The van der Waals surface area contributed by atoms with Gasteiger partial charge in [-0.3, -0.25) is 0 Å². The lowest BCUT2D eigenvalue weighted by atomic mass is 10.3. The number of rotatable bonds is 0. The molecule has 70 valence electrons. The highest BCUT2D eigenvalue weighted by molar-refractivity contribution is 5.34. The number of hydrogen-bond acceptors (Lipinski definition) is 3. The maximum absolute atomic E-state index is 5.25. The van der Waals surface area contributed by atoms with E-state index in [1.807, 2.05) is 18.2 Å². The summed E-state index contributed by atoms with van der Waals surface area (Å²) in [5, 5.41) is 0. The second-order valence-electron chi connectivity index (χ2n) is 2.42. The first-order valence-electron chi connectivity index (χ1n) is 4.21. The predicted octanol–water partition coefficient (Wildman–Crippen LogP) is -0.298. The largest absolute Gasteiger partial charge is 0.320 e. The van der Waals surface area contributed by atoms with Gasteiger partial charge in [-0.1, -0.05) is 17.9 Å². The van der Waals surface area contributed by atoms with E-state index in [4.69, 9.17) is 11.5 Å². The molecule has 14 heavy (non-hydrogen) atoms. The molecule has 0 saturated carbocycles. The van der Waals surface area contributed by atoms with Crippen molar-refractivity contribution in [3.05, 3.63) is 29.6 Å². The normalized spacial score (nSPS) is 8.14. The molecule has 0 fully saturated rings. The van der Waals surface area contributed by atoms with Gasteiger partial charge in [0, 0.05) is 0 Å². The molecule has 0 spiro atoms. The van der Waals surface area contributed by atoms with Crippen molar-refractivity contribution < 1.29 is 0 Å². The van der Waals surface area contributed by atoms with Crippen LogP contribution in [0.25, 0.3) is 0 Å². The molecule has 0 atom stereocenters. The SMILES string of the molecule is NCC#Cc1cccc(C#CCN)n1. The fraction of sp³-hybridized carbons (Fsp3) is 0.182. The van der Waals surface area contributed by atoms with Gasteiger partial charge in [-0.2, -0.15) is 0 Å². The first-order chi connectivity index (χ1) is 6.86. The lowest BCUT2D eigenvalue weighted by Gasteiger charge is -1.90. The average molecular weight is 185 g/mol. The van der Waals surface area contributed by atoms with E-state index in [1.165, 1.54) is 0 Å². The summed E-state index contributed by atoms with van der Waals surface area (Å²) in [6, 6.07) is 5.49. The van der Waals surface area contributed by atoms with Crippen LogP contribution in [0.5, 0.6) is 0 Å². The highest BCUT2D eigenvalue weighted by Gasteiger charge is 1.89. The van der Waals surface area contributed by atoms with Crippen LogP contribution in [0.2, 0.25) is 0 Å². The first-order valence-corrected chi connectivity index (χ1v) is 4.21. The molecule has 0 unspecified atom stereocenters. The standard InChI is InChI=1S/C11H11N3/c12-8-2-6-10-4-1-5-11(14-10)7-3-9-13/h1,4-5H,8-9,12-13H2. The maximum Gasteiger partial charge on any atom is 0.114 e. The lowest BCUT2D eigenvalue weighted by Crippen LogP contribution is -1.95. The number of nitrogens with two attached hydrogens (primary N) is 2. The van der Waals surface area contributed by atoms with Gasteiger partial charge in [-0.05, 0) is 24.0 Å². The van der Waals surface area contributed by atoms with Crippen LogP contribution < -0.4 is 11.5 Å². The van der Waals surface area contributed by atoms with Crippen LogP contribution >= 0.6 is 0 Å². The van der Waals surface area contributed by atoms with Crippen molar-refractivity contribution in [1.29, 1.82) is 0 Å². The molecule has 0 amide bonds. The second kappa shape index (κ2) is 5.77. The Bertz CT molecular complexity index is 378. The van der Waals surface area contributed by atoms with Gasteiger partial charge in [0.05, 0.1) is 13.1 Å². The van der Waals surface area contributed by atoms with E-state index in [1.54, 1.807) is 0 Å². The third-order valence-electron chi connectivity index (χ3n) is 1.39. The molecule has 0 radical (unpaired) electrons. The molecule has 3 nitrogen and oxygen atoms in total. The van der Waals surface area contributed by atoms with Gasteiger partial charge in [0.1, 0.15) is 11.4 Å². The molecule has 1 heterocycles. The van der Waals surface area contributed by atoms with Crippen LogP contribution in [0.1, 0.15) is 11.4 Å². The molecule has 0 aliphatic heterocycles. The van der Waals surface area contributed by atoms with Gasteiger partial charge in [-0.25, -0.2) is 4.98 Å². The summed E-state index contributed by atoms with van der Waals surface area (Å²) in [7, 11) is 0. The second-order valence-corrected chi connectivity index (χ2v) is 2.42. The van der Waals surface area contributed by atoms with Crippen molar-refractivity contribution in [2.45, 2.75) is 0 Å². The summed E-state index contributed by atoms with van der Waals surface area (Å²) in [4.78, 5) is 4.19.